The molecule has 0 radical (unpaired) electrons. The molecule has 39 heavy (non-hydrogen) atoms. The highest BCUT2D eigenvalue weighted by Crippen LogP contribution is 2.26. The first-order valence-electron chi connectivity index (χ1n) is 12.6. The fourth-order valence-electron chi connectivity index (χ4n) is 4.56. The van der Waals surface area contributed by atoms with Crippen molar-refractivity contribution >= 4 is 30.3 Å². The average molecular weight is 568 g/mol. The van der Waals surface area contributed by atoms with E-state index in [1.165, 1.54) is 11.1 Å². The van der Waals surface area contributed by atoms with E-state index in [0.29, 0.717) is 31.5 Å². The normalized spacial score (nSPS) is 18.6. The Morgan fingerprint density at radius 2 is 1.95 bits per heavy atom. The molecule has 0 saturated carbocycles. The van der Waals surface area contributed by atoms with Crippen LogP contribution in [0.15, 0.2) is 36.5 Å². The number of carbonyl (C=O) groups is 3. The summed E-state index contributed by atoms with van der Waals surface area (Å²) in [6, 6.07) is 7.47. The number of aliphatic hydroxyl groups excluding tert-OH is 1. The SMILES string of the molecule is CC(C)(O)c1cnnn1[C@@H]1CN[C@H](C(=O)NC(CCCCN(Cc2ccccc2)C(=O)O)C(O)C(N)=O)C1.Cl. The van der Waals surface area contributed by atoms with Gasteiger partial charge in [0.25, 0.3) is 0 Å². The molecule has 2 aromatic rings. The molecule has 0 spiro atoms. The summed E-state index contributed by atoms with van der Waals surface area (Å²) in [4.78, 5) is 37.6. The quantitative estimate of drug-likeness (QED) is 0.187. The topological polar surface area (TPSA) is 196 Å². The minimum absolute atomic E-state index is 0. The van der Waals surface area contributed by atoms with Crippen LogP contribution in [0.1, 0.15) is 56.8 Å². The molecule has 1 fully saturated rings. The van der Waals surface area contributed by atoms with Crippen molar-refractivity contribution in [1.29, 1.82) is 0 Å². The van der Waals surface area contributed by atoms with Gasteiger partial charge in [-0.2, -0.15) is 0 Å². The zero-order chi connectivity index (χ0) is 27.9. The van der Waals surface area contributed by atoms with Crippen LogP contribution >= 0.6 is 12.4 Å². The van der Waals surface area contributed by atoms with Crippen molar-refractivity contribution in [3.8, 4) is 0 Å². The number of aliphatic hydroxyl groups is 2. The molecule has 1 aromatic heterocycles. The minimum atomic E-state index is -1.59. The van der Waals surface area contributed by atoms with E-state index >= 15 is 0 Å². The maximum atomic E-state index is 13.0. The molecule has 14 heteroatoms. The van der Waals surface area contributed by atoms with Gasteiger partial charge in [0.15, 0.2) is 6.10 Å². The molecular formula is C25H38ClN7O6. The number of unbranched alkanes of at least 4 members (excludes halogenated alkanes) is 1. The van der Waals surface area contributed by atoms with Crippen molar-refractivity contribution in [3.05, 3.63) is 47.8 Å². The summed E-state index contributed by atoms with van der Waals surface area (Å²) in [5.74, 6) is -1.36. The fourth-order valence-corrected chi connectivity index (χ4v) is 4.56. The van der Waals surface area contributed by atoms with Gasteiger partial charge in [0.05, 0.1) is 30.0 Å². The molecule has 0 bridgehead atoms. The number of benzene rings is 1. The molecule has 13 nitrogen and oxygen atoms in total. The van der Waals surface area contributed by atoms with Crippen molar-refractivity contribution in [2.45, 2.75) is 75.9 Å². The van der Waals surface area contributed by atoms with Crippen LogP contribution in [0.2, 0.25) is 0 Å². The Kier molecular flexibility index (Phi) is 11.6. The lowest BCUT2D eigenvalue weighted by atomic mass is 10.0. The summed E-state index contributed by atoms with van der Waals surface area (Å²) in [6.07, 6.45) is 0.361. The second kappa shape index (κ2) is 14.2. The summed E-state index contributed by atoms with van der Waals surface area (Å²) in [7, 11) is 0. The van der Waals surface area contributed by atoms with Gasteiger partial charge in [-0.3, -0.25) is 9.59 Å². The third-order valence-corrected chi connectivity index (χ3v) is 6.65. The Balaban J connectivity index is 0.00000533. The molecule has 3 amide bonds. The van der Waals surface area contributed by atoms with Gasteiger partial charge in [-0.1, -0.05) is 35.5 Å². The monoisotopic (exact) mass is 567 g/mol. The van der Waals surface area contributed by atoms with Crippen molar-refractivity contribution in [2.24, 2.45) is 5.73 Å². The highest BCUT2D eigenvalue weighted by atomic mass is 35.5. The van der Waals surface area contributed by atoms with E-state index in [-0.39, 0.29) is 38.0 Å². The Morgan fingerprint density at radius 3 is 2.56 bits per heavy atom. The van der Waals surface area contributed by atoms with Gasteiger partial charge in [-0.25, -0.2) is 9.48 Å². The van der Waals surface area contributed by atoms with E-state index in [4.69, 9.17) is 5.73 Å². The standard InChI is InChI=1S/C25H37N7O6.ClH/c1-25(2,38)20-14-28-30-32(20)17-12-19(27-13-17)23(35)29-18(21(33)22(26)34)10-6-7-11-31(24(36)37)15-16-8-4-3-5-9-16;/h3-5,8-9,14,17-19,21,27,33,38H,6-7,10-13,15H2,1-2H3,(H2,26,34)(H,29,35)(H,36,37);1H/t17-,18?,19-,21?;/m0./s1. The first-order valence-corrected chi connectivity index (χ1v) is 12.6. The van der Waals surface area contributed by atoms with Gasteiger partial charge < -0.3 is 36.6 Å². The number of nitrogens with two attached hydrogens (primary N) is 1. The minimum Gasteiger partial charge on any atom is -0.465 e. The highest BCUT2D eigenvalue weighted by molar-refractivity contribution is 5.85. The van der Waals surface area contributed by atoms with Crippen molar-refractivity contribution < 1.29 is 29.7 Å². The molecule has 1 aromatic carbocycles. The van der Waals surface area contributed by atoms with Gasteiger partial charge in [0, 0.05) is 19.6 Å². The van der Waals surface area contributed by atoms with Crippen LogP contribution in [0.4, 0.5) is 4.79 Å². The Hall–Kier alpha value is -3.26. The van der Waals surface area contributed by atoms with E-state index < -0.39 is 41.7 Å². The smallest absolute Gasteiger partial charge is 0.407 e. The molecule has 1 aliphatic rings. The number of hydrogen-bond donors (Lipinski definition) is 6. The molecule has 2 heterocycles. The van der Waals surface area contributed by atoms with Crippen LogP contribution in [0, 0.1) is 0 Å². The number of hydrogen-bond acceptors (Lipinski definition) is 8. The largest absolute Gasteiger partial charge is 0.465 e. The number of carboxylic acid groups (broad SMARTS) is 1. The first-order chi connectivity index (χ1) is 18.0. The lowest BCUT2D eigenvalue weighted by Gasteiger charge is -2.25. The number of halogens is 1. The second-order valence-corrected chi connectivity index (χ2v) is 10.1. The third kappa shape index (κ3) is 8.88. The van der Waals surface area contributed by atoms with Gasteiger partial charge in [-0.05, 0) is 45.1 Å². The fraction of sp³-hybridized carbons (Fsp3) is 0.560. The zero-order valence-corrected chi connectivity index (χ0v) is 22.9. The van der Waals surface area contributed by atoms with Gasteiger partial charge in [0.2, 0.25) is 11.8 Å². The molecule has 216 valence electrons. The van der Waals surface area contributed by atoms with Crippen LogP contribution in [-0.2, 0) is 21.7 Å². The number of nitrogens with one attached hydrogen (secondary N) is 2. The van der Waals surface area contributed by atoms with E-state index in [2.05, 4.69) is 20.9 Å². The summed E-state index contributed by atoms with van der Waals surface area (Å²) in [5.41, 5.74) is 5.54. The van der Waals surface area contributed by atoms with E-state index in [1.807, 2.05) is 30.3 Å². The summed E-state index contributed by atoms with van der Waals surface area (Å²) >= 11 is 0. The molecular weight excluding hydrogens is 530 g/mol. The van der Waals surface area contributed by atoms with E-state index in [1.54, 1.807) is 18.5 Å². The highest BCUT2D eigenvalue weighted by Gasteiger charge is 2.36. The number of amides is 3. The maximum absolute atomic E-state index is 13.0. The Morgan fingerprint density at radius 1 is 1.26 bits per heavy atom. The molecule has 1 aliphatic heterocycles. The lowest BCUT2D eigenvalue weighted by Crippen LogP contribution is -2.53. The third-order valence-electron chi connectivity index (χ3n) is 6.65. The Bertz CT molecular complexity index is 1090. The lowest BCUT2D eigenvalue weighted by molar-refractivity contribution is -0.130. The van der Waals surface area contributed by atoms with E-state index in [9.17, 15) is 29.7 Å². The van der Waals surface area contributed by atoms with Gasteiger partial charge in [0.1, 0.15) is 5.60 Å². The molecule has 2 unspecified atom stereocenters. The van der Waals surface area contributed by atoms with Crippen LogP contribution in [-0.4, -0.2) is 84.4 Å². The van der Waals surface area contributed by atoms with Crippen LogP contribution in [0.5, 0.6) is 0 Å². The number of nitrogens with zero attached hydrogens (tertiary/aromatic N) is 4. The molecule has 1 saturated heterocycles. The predicted octanol–water partition coefficient (Wildman–Crippen LogP) is 0.512. The zero-order valence-electron chi connectivity index (χ0n) is 22.1. The van der Waals surface area contributed by atoms with Crippen molar-refractivity contribution in [1.82, 2.24) is 30.5 Å². The first kappa shape index (κ1) is 32.0. The van der Waals surface area contributed by atoms with Gasteiger partial charge in [-0.15, -0.1) is 17.5 Å². The number of rotatable bonds is 13. The Labute approximate surface area is 233 Å². The molecule has 3 rings (SSSR count). The molecule has 4 atom stereocenters. The molecule has 7 N–H and O–H groups in total. The average Bonchev–Trinajstić information content (AvgIpc) is 3.55. The van der Waals surface area contributed by atoms with E-state index in [0.717, 1.165) is 5.56 Å². The number of aromatic nitrogens is 3. The second-order valence-electron chi connectivity index (χ2n) is 10.1. The number of carbonyl (C=O) groups excluding carboxylic acids is 2. The van der Waals surface area contributed by atoms with Gasteiger partial charge >= 0.3 is 6.09 Å². The van der Waals surface area contributed by atoms with Crippen LogP contribution in [0.3, 0.4) is 0 Å². The van der Waals surface area contributed by atoms with Crippen LogP contribution < -0.4 is 16.4 Å². The summed E-state index contributed by atoms with van der Waals surface area (Å²) < 4.78 is 1.60. The number of primary amides is 1. The summed E-state index contributed by atoms with van der Waals surface area (Å²) in [5, 5.41) is 44.0. The van der Waals surface area contributed by atoms with Crippen molar-refractivity contribution in [2.75, 3.05) is 13.1 Å². The van der Waals surface area contributed by atoms with Crippen LogP contribution in [0.25, 0.3) is 0 Å². The van der Waals surface area contributed by atoms with Crippen molar-refractivity contribution in [3.63, 3.8) is 0 Å². The predicted molar refractivity (Wildman–Crippen MR) is 144 cm³/mol. The maximum Gasteiger partial charge on any atom is 0.407 e. The summed E-state index contributed by atoms with van der Waals surface area (Å²) in [6.45, 7) is 4.17. The molecule has 0 aliphatic carbocycles.